The molecule has 1 fully saturated rings. The lowest BCUT2D eigenvalue weighted by Crippen LogP contribution is -2.32. The van der Waals surface area contributed by atoms with Gasteiger partial charge in [-0.1, -0.05) is 59.6 Å². The van der Waals surface area contributed by atoms with E-state index in [4.69, 9.17) is 32.7 Å². The van der Waals surface area contributed by atoms with Crippen molar-refractivity contribution in [3.05, 3.63) is 110 Å². The SMILES string of the molecule is C=C(C)[C@H]1C[C@H](c2ccc(Cl)cc2)[C@H](c2ccc(Cl)cc2)O[C@@H]1c1cc(F)cc(Br)c1OCC(=O)O. The van der Waals surface area contributed by atoms with Gasteiger partial charge in [0, 0.05) is 27.4 Å². The first-order valence-corrected chi connectivity index (χ1v) is 12.8. The third-order valence-corrected chi connectivity index (χ3v) is 7.44. The minimum Gasteiger partial charge on any atom is -0.480 e. The zero-order valence-electron chi connectivity index (χ0n) is 19.4. The summed E-state index contributed by atoms with van der Waals surface area (Å²) < 4.78 is 27.3. The summed E-state index contributed by atoms with van der Waals surface area (Å²) >= 11 is 15.6. The van der Waals surface area contributed by atoms with E-state index in [2.05, 4.69) is 22.5 Å². The molecule has 4 rings (SSSR count). The molecule has 0 saturated carbocycles. The van der Waals surface area contributed by atoms with Gasteiger partial charge in [0.15, 0.2) is 6.61 Å². The first kappa shape index (κ1) is 26.7. The van der Waals surface area contributed by atoms with Gasteiger partial charge < -0.3 is 14.6 Å². The third kappa shape index (κ3) is 5.94. The van der Waals surface area contributed by atoms with Crippen LogP contribution in [0.4, 0.5) is 4.39 Å². The second kappa shape index (κ2) is 11.3. The number of halogens is 4. The fraction of sp³-hybridized carbons (Fsp3) is 0.250. The number of benzene rings is 3. The number of carbonyl (C=O) groups is 1. The largest absolute Gasteiger partial charge is 0.480 e. The summed E-state index contributed by atoms with van der Waals surface area (Å²) in [5.74, 6) is -1.65. The predicted octanol–water partition coefficient (Wildman–Crippen LogP) is 8.54. The molecule has 3 aromatic carbocycles. The lowest BCUT2D eigenvalue weighted by atomic mass is 9.74. The number of carboxylic acids is 1. The Balaban J connectivity index is 1.83. The smallest absolute Gasteiger partial charge is 0.341 e. The molecule has 0 radical (unpaired) electrons. The van der Waals surface area contributed by atoms with E-state index in [9.17, 15) is 14.3 Å². The molecule has 8 heteroatoms. The van der Waals surface area contributed by atoms with E-state index in [1.807, 2.05) is 43.3 Å². The summed E-state index contributed by atoms with van der Waals surface area (Å²) in [5, 5.41) is 10.4. The van der Waals surface area contributed by atoms with Crippen molar-refractivity contribution < 1.29 is 23.8 Å². The first-order valence-electron chi connectivity index (χ1n) is 11.3. The molecule has 1 aliphatic heterocycles. The highest BCUT2D eigenvalue weighted by molar-refractivity contribution is 9.10. The molecule has 4 atom stereocenters. The average Bonchev–Trinajstić information content (AvgIpc) is 2.83. The van der Waals surface area contributed by atoms with Gasteiger partial charge in [-0.25, -0.2) is 9.18 Å². The molecule has 0 spiro atoms. The van der Waals surface area contributed by atoms with Gasteiger partial charge in [0.05, 0.1) is 16.7 Å². The maximum absolute atomic E-state index is 14.6. The van der Waals surface area contributed by atoms with Gasteiger partial charge in [-0.2, -0.15) is 0 Å². The lowest BCUT2D eigenvalue weighted by molar-refractivity contribution is -0.139. The lowest BCUT2D eigenvalue weighted by Gasteiger charge is -2.43. The van der Waals surface area contributed by atoms with E-state index < -0.39 is 30.6 Å². The van der Waals surface area contributed by atoms with Gasteiger partial charge in [-0.15, -0.1) is 0 Å². The van der Waals surface area contributed by atoms with Crippen molar-refractivity contribution in [1.29, 1.82) is 0 Å². The third-order valence-electron chi connectivity index (χ3n) is 6.35. The molecule has 0 amide bonds. The van der Waals surface area contributed by atoms with Gasteiger partial charge in [0.25, 0.3) is 0 Å². The van der Waals surface area contributed by atoms with Crippen LogP contribution in [-0.2, 0) is 9.53 Å². The van der Waals surface area contributed by atoms with Crippen molar-refractivity contribution >= 4 is 45.1 Å². The number of ether oxygens (including phenoxy) is 2. The van der Waals surface area contributed by atoms with Gasteiger partial charge in [0.2, 0.25) is 0 Å². The summed E-state index contributed by atoms with van der Waals surface area (Å²) in [4.78, 5) is 11.2. The highest BCUT2D eigenvalue weighted by atomic mass is 79.9. The maximum atomic E-state index is 14.6. The summed E-state index contributed by atoms with van der Waals surface area (Å²) in [6.45, 7) is 5.53. The number of carboxylic acid groups (broad SMARTS) is 1. The molecular formula is C28H24BrCl2FO4. The Kier molecular flexibility index (Phi) is 8.41. The van der Waals surface area contributed by atoms with Crippen molar-refractivity contribution in [2.24, 2.45) is 5.92 Å². The van der Waals surface area contributed by atoms with Crippen molar-refractivity contribution in [3.8, 4) is 5.75 Å². The van der Waals surface area contributed by atoms with Crippen LogP contribution in [0, 0.1) is 11.7 Å². The van der Waals surface area contributed by atoms with Gasteiger partial charge in [0.1, 0.15) is 11.6 Å². The molecule has 3 aromatic rings. The van der Waals surface area contributed by atoms with E-state index in [1.165, 1.54) is 12.1 Å². The molecule has 0 aliphatic carbocycles. The fourth-order valence-corrected chi connectivity index (χ4v) is 5.49. The molecule has 188 valence electrons. The molecule has 1 N–H and O–H groups in total. The summed E-state index contributed by atoms with van der Waals surface area (Å²) in [6, 6.07) is 17.7. The Labute approximate surface area is 227 Å². The molecule has 36 heavy (non-hydrogen) atoms. The number of hydrogen-bond donors (Lipinski definition) is 1. The minimum absolute atomic E-state index is 0.0539. The van der Waals surface area contributed by atoms with Crippen LogP contribution < -0.4 is 4.74 Å². The number of aliphatic carboxylic acids is 1. The van der Waals surface area contributed by atoms with Crippen LogP contribution >= 0.6 is 39.1 Å². The first-order chi connectivity index (χ1) is 17.1. The Morgan fingerprint density at radius 2 is 1.67 bits per heavy atom. The second-order valence-corrected chi connectivity index (χ2v) is 10.6. The number of rotatable bonds is 7. The van der Waals surface area contributed by atoms with Crippen LogP contribution in [0.1, 0.15) is 48.2 Å². The topological polar surface area (TPSA) is 55.8 Å². The summed E-state index contributed by atoms with van der Waals surface area (Å²) in [7, 11) is 0. The Morgan fingerprint density at radius 1 is 1.08 bits per heavy atom. The van der Waals surface area contributed by atoms with Crippen LogP contribution in [0.3, 0.4) is 0 Å². The van der Waals surface area contributed by atoms with E-state index in [0.29, 0.717) is 26.5 Å². The molecule has 0 bridgehead atoms. The van der Waals surface area contributed by atoms with Crippen molar-refractivity contribution in [2.45, 2.75) is 31.5 Å². The normalized spacial score (nSPS) is 21.7. The molecule has 1 aliphatic rings. The Morgan fingerprint density at radius 3 is 2.22 bits per heavy atom. The number of hydrogen-bond acceptors (Lipinski definition) is 3. The van der Waals surface area contributed by atoms with E-state index in [0.717, 1.165) is 16.7 Å². The van der Waals surface area contributed by atoms with Gasteiger partial charge >= 0.3 is 5.97 Å². The van der Waals surface area contributed by atoms with Crippen LogP contribution in [0.25, 0.3) is 0 Å². The molecule has 0 unspecified atom stereocenters. The maximum Gasteiger partial charge on any atom is 0.341 e. The average molecular weight is 594 g/mol. The second-order valence-electron chi connectivity index (χ2n) is 8.86. The van der Waals surface area contributed by atoms with Crippen LogP contribution in [0.5, 0.6) is 5.75 Å². The zero-order chi connectivity index (χ0) is 26.0. The van der Waals surface area contributed by atoms with E-state index in [1.54, 1.807) is 12.1 Å². The predicted molar refractivity (Wildman–Crippen MR) is 142 cm³/mol. The molecular weight excluding hydrogens is 570 g/mol. The Hall–Kier alpha value is -2.38. The highest BCUT2D eigenvalue weighted by Crippen LogP contribution is 2.54. The monoisotopic (exact) mass is 592 g/mol. The molecule has 1 saturated heterocycles. The molecule has 4 nitrogen and oxygen atoms in total. The minimum atomic E-state index is -1.14. The van der Waals surface area contributed by atoms with Crippen molar-refractivity contribution in [1.82, 2.24) is 0 Å². The fourth-order valence-electron chi connectivity index (χ4n) is 4.68. The summed E-state index contributed by atoms with van der Waals surface area (Å²) in [6.07, 6.45) is -0.387. The van der Waals surface area contributed by atoms with Gasteiger partial charge in [-0.05, 0) is 76.8 Å². The standard InChI is InChI=1S/C28H24BrCl2FO4/c1-15(2)21-13-22(16-3-7-18(30)8-4-16)26(17-5-9-19(31)10-6-17)36-27(21)23-11-20(32)12-24(29)28(23)35-14-25(33)34/h3-12,21-22,26-27H,1,13-14H2,2H3,(H,33,34)/t21-,22-,26+,27+/m1/s1. The quantitative estimate of drug-likeness (QED) is 0.279. The molecule has 0 aromatic heterocycles. The van der Waals surface area contributed by atoms with Gasteiger partial charge in [-0.3, -0.25) is 0 Å². The van der Waals surface area contributed by atoms with Crippen molar-refractivity contribution in [2.75, 3.05) is 6.61 Å². The van der Waals surface area contributed by atoms with E-state index in [-0.39, 0.29) is 17.6 Å². The van der Waals surface area contributed by atoms with E-state index >= 15 is 0 Å². The van der Waals surface area contributed by atoms with Crippen LogP contribution in [0.15, 0.2) is 77.3 Å². The summed E-state index contributed by atoms with van der Waals surface area (Å²) in [5.41, 5.74) is 3.24. The van der Waals surface area contributed by atoms with Crippen LogP contribution in [-0.4, -0.2) is 17.7 Å². The highest BCUT2D eigenvalue weighted by Gasteiger charge is 2.42. The van der Waals surface area contributed by atoms with Crippen LogP contribution in [0.2, 0.25) is 10.0 Å². The molecule has 1 heterocycles. The Bertz CT molecular complexity index is 1260. The van der Waals surface area contributed by atoms with Crippen molar-refractivity contribution in [3.63, 3.8) is 0 Å². The zero-order valence-corrected chi connectivity index (χ0v) is 22.5.